The monoisotopic (exact) mass is 383 g/mol. The lowest BCUT2D eigenvalue weighted by atomic mass is 9.93. The van der Waals surface area contributed by atoms with Gasteiger partial charge in [-0.1, -0.05) is 42.5 Å². The van der Waals surface area contributed by atoms with Gasteiger partial charge in [0.2, 0.25) is 5.91 Å². The Morgan fingerprint density at radius 3 is 2.68 bits per heavy atom. The van der Waals surface area contributed by atoms with Crippen LogP contribution >= 0.6 is 11.3 Å². The molecule has 0 bridgehead atoms. The summed E-state index contributed by atoms with van der Waals surface area (Å²) in [4.78, 5) is 23.8. The molecule has 4 aromatic rings. The molecule has 0 spiro atoms. The van der Waals surface area contributed by atoms with Crippen molar-refractivity contribution in [3.05, 3.63) is 89.7 Å². The minimum absolute atomic E-state index is 0.0602. The van der Waals surface area contributed by atoms with E-state index in [0.717, 1.165) is 27.5 Å². The van der Waals surface area contributed by atoms with E-state index in [2.05, 4.69) is 28.2 Å². The quantitative estimate of drug-likeness (QED) is 0.502. The molecule has 4 nitrogen and oxygen atoms in total. The van der Waals surface area contributed by atoms with Crippen molar-refractivity contribution >= 4 is 22.9 Å². The number of aromatic nitrogens is 2. The molecule has 0 fully saturated rings. The molecular weight excluding hydrogens is 366 g/mol. The zero-order valence-electron chi connectivity index (χ0n) is 15.1. The number of benzene rings is 2. The molecule has 1 aliphatic heterocycles. The molecule has 0 unspecified atom stereocenters. The third-order valence-corrected chi connectivity index (χ3v) is 5.86. The van der Waals surface area contributed by atoms with E-state index in [1.54, 1.807) is 23.7 Å². The van der Waals surface area contributed by atoms with Crippen LogP contribution in [0.4, 0.5) is 5.69 Å². The van der Waals surface area contributed by atoms with Gasteiger partial charge in [-0.25, -0.2) is 4.98 Å². The Morgan fingerprint density at radius 1 is 1.00 bits per heavy atom. The Hall–Kier alpha value is -3.31. The van der Waals surface area contributed by atoms with Crippen LogP contribution in [0, 0.1) is 0 Å². The largest absolute Gasteiger partial charge is 0.307 e. The molecule has 5 rings (SSSR count). The summed E-state index contributed by atoms with van der Waals surface area (Å²) in [5.74, 6) is 0.0602. The number of rotatable bonds is 3. The van der Waals surface area contributed by atoms with Crippen LogP contribution in [0.3, 0.4) is 0 Å². The molecule has 5 heteroatoms. The SMILES string of the molecule is O=C(Cc1csc(-c2cccnc2)n1)N1Cc2ccccc2-c2ccccc21. The van der Waals surface area contributed by atoms with Gasteiger partial charge >= 0.3 is 0 Å². The Bertz CT molecular complexity index is 1150. The van der Waals surface area contributed by atoms with Crippen LogP contribution < -0.4 is 4.90 Å². The highest BCUT2D eigenvalue weighted by Gasteiger charge is 2.26. The van der Waals surface area contributed by atoms with Crippen molar-refractivity contribution in [2.75, 3.05) is 4.90 Å². The molecule has 1 amide bonds. The molecule has 136 valence electrons. The normalized spacial score (nSPS) is 12.4. The number of para-hydroxylation sites is 1. The summed E-state index contributed by atoms with van der Waals surface area (Å²) in [5.41, 5.74) is 6.22. The van der Waals surface area contributed by atoms with Crippen molar-refractivity contribution in [1.29, 1.82) is 0 Å². The van der Waals surface area contributed by atoms with E-state index in [1.807, 2.05) is 52.7 Å². The molecule has 0 atom stereocenters. The van der Waals surface area contributed by atoms with Crippen molar-refractivity contribution in [3.63, 3.8) is 0 Å². The van der Waals surface area contributed by atoms with Crippen LogP contribution in [0.25, 0.3) is 21.7 Å². The summed E-state index contributed by atoms with van der Waals surface area (Å²) >= 11 is 1.54. The van der Waals surface area contributed by atoms with Crippen LogP contribution in [-0.2, 0) is 17.8 Å². The number of pyridine rings is 1. The number of carbonyl (C=O) groups is 1. The van der Waals surface area contributed by atoms with Gasteiger partial charge in [0, 0.05) is 28.9 Å². The van der Waals surface area contributed by atoms with Crippen LogP contribution in [-0.4, -0.2) is 15.9 Å². The summed E-state index contributed by atoms with van der Waals surface area (Å²) < 4.78 is 0. The maximum absolute atomic E-state index is 13.2. The minimum Gasteiger partial charge on any atom is -0.307 e. The highest BCUT2D eigenvalue weighted by atomic mass is 32.1. The number of anilines is 1. The lowest BCUT2D eigenvalue weighted by molar-refractivity contribution is -0.118. The lowest BCUT2D eigenvalue weighted by Crippen LogP contribution is -2.34. The second-order valence-electron chi connectivity index (χ2n) is 6.72. The Morgan fingerprint density at radius 2 is 1.82 bits per heavy atom. The average molecular weight is 383 g/mol. The van der Waals surface area contributed by atoms with Crippen LogP contribution in [0.15, 0.2) is 78.4 Å². The van der Waals surface area contributed by atoms with Gasteiger partial charge in [0.25, 0.3) is 0 Å². The molecule has 1 aliphatic rings. The zero-order chi connectivity index (χ0) is 18.9. The number of fused-ring (bicyclic) bond motifs is 3. The van der Waals surface area contributed by atoms with E-state index in [-0.39, 0.29) is 12.3 Å². The highest BCUT2D eigenvalue weighted by molar-refractivity contribution is 7.13. The lowest BCUT2D eigenvalue weighted by Gasteiger charge is -2.31. The standard InChI is InChI=1S/C23H17N3OS/c27-22(12-18-15-28-23(25-18)16-7-5-11-24-13-16)26-14-17-6-1-2-8-19(17)20-9-3-4-10-21(20)26/h1-11,13,15H,12,14H2. The van der Waals surface area contributed by atoms with Crippen LogP contribution in [0.1, 0.15) is 11.3 Å². The van der Waals surface area contributed by atoms with Gasteiger partial charge in [-0.05, 0) is 29.3 Å². The zero-order valence-corrected chi connectivity index (χ0v) is 15.9. The second-order valence-corrected chi connectivity index (χ2v) is 7.57. The van der Waals surface area contributed by atoms with E-state index in [1.165, 1.54) is 11.1 Å². The number of nitrogens with zero attached hydrogens (tertiary/aromatic N) is 3. The fourth-order valence-electron chi connectivity index (χ4n) is 3.60. The second kappa shape index (κ2) is 7.02. The summed E-state index contributed by atoms with van der Waals surface area (Å²) in [6.07, 6.45) is 3.82. The van der Waals surface area contributed by atoms with Crippen molar-refractivity contribution in [1.82, 2.24) is 9.97 Å². The first-order valence-corrected chi connectivity index (χ1v) is 10.00. The van der Waals surface area contributed by atoms with Crippen LogP contribution in [0.2, 0.25) is 0 Å². The molecule has 0 aliphatic carbocycles. The van der Waals surface area contributed by atoms with Gasteiger partial charge < -0.3 is 4.90 Å². The van der Waals surface area contributed by atoms with Gasteiger partial charge in [-0.3, -0.25) is 9.78 Å². The van der Waals surface area contributed by atoms with Crippen molar-refractivity contribution in [3.8, 4) is 21.7 Å². The molecule has 2 aromatic carbocycles. The Balaban J connectivity index is 1.43. The Kier molecular flexibility index (Phi) is 4.22. The van der Waals surface area contributed by atoms with Gasteiger partial charge in [0.15, 0.2) is 0 Å². The first-order chi connectivity index (χ1) is 13.8. The predicted molar refractivity (Wildman–Crippen MR) is 112 cm³/mol. The summed E-state index contributed by atoms with van der Waals surface area (Å²) in [6.45, 7) is 0.589. The predicted octanol–water partition coefficient (Wildman–Crippen LogP) is 4.96. The first-order valence-electron chi connectivity index (χ1n) is 9.12. The molecule has 0 saturated heterocycles. The minimum atomic E-state index is 0.0602. The van der Waals surface area contributed by atoms with E-state index in [4.69, 9.17) is 0 Å². The van der Waals surface area contributed by atoms with Gasteiger partial charge in [-0.15, -0.1) is 11.3 Å². The fraction of sp³-hybridized carbons (Fsp3) is 0.0870. The third-order valence-electron chi connectivity index (χ3n) is 4.92. The van der Waals surface area contributed by atoms with Crippen molar-refractivity contribution in [2.45, 2.75) is 13.0 Å². The topological polar surface area (TPSA) is 46.1 Å². The highest BCUT2D eigenvalue weighted by Crippen LogP contribution is 2.39. The average Bonchev–Trinajstić information content (AvgIpc) is 3.22. The van der Waals surface area contributed by atoms with Crippen molar-refractivity contribution in [2.24, 2.45) is 0 Å². The first kappa shape index (κ1) is 16.8. The van der Waals surface area contributed by atoms with E-state index >= 15 is 0 Å². The maximum Gasteiger partial charge on any atom is 0.233 e. The number of hydrogen-bond acceptors (Lipinski definition) is 4. The van der Waals surface area contributed by atoms with Gasteiger partial charge in [0.05, 0.1) is 24.3 Å². The summed E-state index contributed by atoms with van der Waals surface area (Å²) in [7, 11) is 0. The summed E-state index contributed by atoms with van der Waals surface area (Å²) in [6, 6.07) is 20.3. The fourth-order valence-corrected chi connectivity index (χ4v) is 4.41. The molecule has 0 saturated carbocycles. The van der Waals surface area contributed by atoms with E-state index in [9.17, 15) is 4.79 Å². The van der Waals surface area contributed by atoms with Gasteiger partial charge in [0.1, 0.15) is 5.01 Å². The number of thiazole rings is 1. The molecule has 3 heterocycles. The van der Waals surface area contributed by atoms with E-state index in [0.29, 0.717) is 6.54 Å². The molecule has 0 radical (unpaired) electrons. The van der Waals surface area contributed by atoms with Crippen LogP contribution in [0.5, 0.6) is 0 Å². The van der Waals surface area contributed by atoms with E-state index < -0.39 is 0 Å². The number of hydrogen-bond donors (Lipinski definition) is 0. The maximum atomic E-state index is 13.2. The van der Waals surface area contributed by atoms with Gasteiger partial charge in [-0.2, -0.15) is 0 Å². The molecule has 0 N–H and O–H groups in total. The number of carbonyl (C=O) groups excluding carboxylic acids is 1. The smallest absolute Gasteiger partial charge is 0.233 e. The molecular formula is C23H17N3OS. The molecule has 28 heavy (non-hydrogen) atoms. The third kappa shape index (κ3) is 3.00. The Labute approximate surface area is 167 Å². The van der Waals surface area contributed by atoms with Crippen molar-refractivity contribution < 1.29 is 4.79 Å². The number of amides is 1. The summed E-state index contributed by atoms with van der Waals surface area (Å²) in [5, 5.41) is 2.85. The molecule has 2 aromatic heterocycles.